The molecule has 2 unspecified atom stereocenters. The Kier molecular flexibility index (Phi) is 6.28. The minimum absolute atomic E-state index is 0. The summed E-state index contributed by atoms with van der Waals surface area (Å²) in [4.78, 5) is 19.4. The van der Waals surface area contributed by atoms with Crippen molar-refractivity contribution in [3.8, 4) is 0 Å². The summed E-state index contributed by atoms with van der Waals surface area (Å²) in [5.74, 6) is 1.02. The maximum Gasteiger partial charge on any atom is 0.240 e. The van der Waals surface area contributed by atoms with Crippen molar-refractivity contribution in [2.45, 2.75) is 57.7 Å². The maximum absolute atomic E-state index is 12.9. The number of imidazole rings is 1. The van der Waals surface area contributed by atoms with Gasteiger partial charge in [0.2, 0.25) is 5.91 Å². The van der Waals surface area contributed by atoms with E-state index in [2.05, 4.69) is 17.2 Å². The number of aromatic nitrogens is 2. The minimum Gasteiger partial charge on any atom is -0.337 e. The molecule has 24 heavy (non-hydrogen) atoms. The van der Waals surface area contributed by atoms with Gasteiger partial charge in [-0.2, -0.15) is 0 Å². The normalized spacial score (nSPS) is 22.7. The molecule has 3 N–H and O–H groups in total. The van der Waals surface area contributed by atoms with Crippen molar-refractivity contribution in [3.63, 3.8) is 0 Å². The van der Waals surface area contributed by atoms with Gasteiger partial charge in [0.1, 0.15) is 5.82 Å². The van der Waals surface area contributed by atoms with Crippen molar-refractivity contribution >= 4 is 18.3 Å². The average molecular weight is 356 g/mol. The van der Waals surface area contributed by atoms with Gasteiger partial charge in [0, 0.05) is 25.5 Å². The Morgan fingerprint density at radius 3 is 2.83 bits per heavy atom. The fourth-order valence-electron chi connectivity index (χ4n) is 3.92. The van der Waals surface area contributed by atoms with Gasteiger partial charge in [-0.1, -0.05) is 13.3 Å². The van der Waals surface area contributed by atoms with Crippen LogP contribution in [0.5, 0.6) is 0 Å². The van der Waals surface area contributed by atoms with Crippen LogP contribution >= 0.6 is 12.4 Å². The second-order valence-electron chi connectivity index (χ2n) is 7.15. The van der Waals surface area contributed by atoms with Gasteiger partial charge in [-0.3, -0.25) is 4.79 Å². The van der Waals surface area contributed by atoms with Gasteiger partial charge in [0.25, 0.3) is 0 Å². The average Bonchev–Trinajstić information content (AvgIpc) is 3.06. The molecule has 1 aromatic rings. The molecule has 1 saturated carbocycles. The lowest BCUT2D eigenvalue weighted by molar-refractivity contribution is -0.134. The molecule has 0 radical (unpaired) electrons. The molecule has 0 bridgehead atoms. The highest BCUT2D eigenvalue weighted by atomic mass is 35.5. The van der Waals surface area contributed by atoms with Crippen molar-refractivity contribution < 1.29 is 4.79 Å². The molecule has 1 aliphatic heterocycles. The number of amides is 1. The summed E-state index contributed by atoms with van der Waals surface area (Å²) in [5, 5.41) is 3.42. The summed E-state index contributed by atoms with van der Waals surface area (Å²) in [6.07, 6.45) is 8.83. The Labute approximate surface area is 150 Å². The first-order valence-electron chi connectivity index (χ1n) is 8.80. The third kappa shape index (κ3) is 3.76. The Balaban J connectivity index is 0.00000208. The monoisotopic (exact) mass is 355 g/mol. The van der Waals surface area contributed by atoms with Crippen LogP contribution in [0.15, 0.2) is 12.4 Å². The van der Waals surface area contributed by atoms with Gasteiger partial charge in [-0.15, -0.1) is 12.4 Å². The van der Waals surface area contributed by atoms with Crippen LogP contribution in [0, 0.1) is 5.41 Å². The molecular formula is C17H30ClN5O. The van der Waals surface area contributed by atoms with Crippen LogP contribution in [0.3, 0.4) is 0 Å². The fraction of sp³-hybridized carbons (Fsp3) is 0.765. The topological polar surface area (TPSA) is 76.2 Å². The van der Waals surface area contributed by atoms with Crippen molar-refractivity contribution in [1.29, 1.82) is 0 Å². The Hall–Kier alpha value is -1.11. The molecule has 2 aliphatic rings. The van der Waals surface area contributed by atoms with E-state index in [0.29, 0.717) is 18.0 Å². The summed E-state index contributed by atoms with van der Waals surface area (Å²) in [6, 6.07) is -0.0589. The molecular weight excluding hydrogens is 326 g/mol. The predicted molar refractivity (Wildman–Crippen MR) is 96.8 cm³/mol. The second-order valence-corrected chi connectivity index (χ2v) is 7.15. The van der Waals surface area contributed by atoms with Gasteiger partial charge in [0.15, 0.2) is 0 Å². The zero-order chi connectivity index (χ0) is 16.4. The molecule has 7 heteroatoms. The molecule has 3 rings (SSSR count). The molecule has 6 nitrogen and oxygen atoms in total. The third-order valence-corrected chi connectivity index (χ3v) is 5.55. The van der Waals surface area contributed by atoms with E-state index in [1.54, 1.807) is 6.20 Å². The Morgan fingerprint density at radius 1 is 1.54 bits per heavy atom. The zero-order valence-corrected chi connectivity index (χ0v) is 15.5. The zero-order valence-electron chi connectivity index (χ0n) is 14.7. The molecule has 1 amide bonds. The standard InChI is InChI=1S/C17H29N5O.ClH/c1-3-4-13(18)16(23)22(12-15-20-9-10-21(15)2)14-11-17(14)5-7-19-8-6-17;/h9-10,13-14,19H,3-8,11-12,18H2,1-2H3;1H. The SMILES string of the molecule is CCCC(N)C(=O)N(Cc1nccn1C)C1CC12CCNCC2.Cl. The van der Waals surface area contributed by atoms with E-state index in [-0.39, 0.29) is 24.4 Å². The minimum atomic E-state index is -0.389. The van der Waals surface area contributed by atoms with E-state index < -0.39 is 0 Å². The fourth-order valence-corrected chi connectivity index (χ4v) is 3.92. The number of carbonyl (C=O) groups excluding carboxylic acids is 1. The summed E-state index contributed by atoms with van der Waals surface area (Å²) < 4.78 is 1.99. The number of aryl methyl sites for hydroxylation is 1. The molecule has 1 spiro atoms. The Bertz CT molecular complexity index is 555. The number of carbonyl (C=O) groups is 1. The first-order chi connectivity index (χ1) is 11.1. The highest BCUT2D eigenvalue weighted by Crippen LogP contribution is 2.56. The van der Waals surface area contributed by atoms with Crippen LogP contribution in [0.1, 0.15) is 44.9 Å². The second kappa shape index (κ2) is 7.85. The number of hydrogen-bond donors (Lipinski definition) is 2. The lowest BCUT2D eigenvalue weighted by atomic mass is 9.93. The molecule has 1 aliphatic carbocycles. The van der Waals surface area contributed by atoms with E-state index in [1.165, 1.54) is 0 Å². The van der Waals surface area contributed by atoms with Gasteiger partial charge in [-0.25, -0.2) is 4.98 Å². The number of piperidine rings is 1. The number of nitrogens with zero attached hydrogens (tertiary/aromatic N) is 3. The molecule has 2 atom stereocenters. The van der Waals surface area contributed by atoms with Crippen LogP contribution in [-0.4, -0.2) is 45.5 Å². The van der Waals surface area contributed by atoms with Crippen LogP contribution in [0.4, 0.5) is 0 Å². The summed E-state index contributed by atoms with van der Waals surface area (Å²) in [6.45, 7) is 4.76. The van der Waals surface area contributed by atoms with Crippen LogP contribution in [0.25, 0.3) is 0 Å². The number of rotatable bonds is 6. The van der Waals surface area contributed by atoms with Crippen molar-refractivity contribution in [3.05, 3.63) is 18.2 Å². The van der Waals surface area contributed by atoms with E-state index in [0.717, 1.165) is 51.0 Å². The van der Waals surface area contributed by atoms with Crippen LogP contribution in [-0.2, 0) is 18.4 Å². The number of nitrogens with one attached hydrogen (secondary N) is 1. The van der Waals surface area contributed by atoms with Gasteiger partial charge < -0.3 is 20.5 Å². The molecule has 136 valence electrons. The lowest BCUT2D eigenvalue weighted by Gasteiger charge is -2.31. The van der Waals surface area contributed by atoms with E-state index in [4.69, 9.17) is 5.73 Å². The summed E-state index contributed by atoms with van der Waals surface area (Å²) in [7, 11) is 1.98. The summed E-state index contributed by atoms with van der Waals surface area (Å²) >= 11 is 0. The largest absolute Gasteiger partial charge is 0.337 e. The number of nitrogens with two attached hydrogens (primary N) is 1. The first kappa shape index (κ1) is 19.2. The summed E-state index contributed by atoms with van der Waals surface area (Å²) in [5.41, 5.74) is 6.47. The molecule has 1 saturated heterocycles. The van der Waals surface area contributed by atoms with Gasteiger partial charge in [0.05, 0.1) is 12.6 Å². The highest BCUT2D eigenvalue weighted by molar-refractivity contribution is 5.85. The predicted octanol–water partition coefficient (Wildman–Crippen LogP) is 1.44. The van der Waals surface area contributed by atoms with Gasteiger partial charge in [-0.05, 0) is 44.2 Å². The molecule has 0 aromatic carbocycles. The maximum atomic E-state index is 12.9. The highest BCUT2D eigenvalue weighted by Gasteiger charge is 2.58. The first-order valence-corrected chi connectivity index (χ1v) is 8.80. The molecule has 2 fully saturated rings. The van der Waals surface area contributed by atoms with E-state index in [9.17, 15) is 4.79 Å². The Morgan fingerprint density at radius 2 is 2.25 bits per heavy atom. The van der Waals surface area contributed by atoms with Crippen molar-refractivity contribution in [2.24, 2.45) is 18.2 Å². The quantitative estimate of drug-likeness (QED) is 0.809. The number of halogens is 1. The smallest absolute Gasteiger partial charge is 0.240 e. The molecule has 1 aromatic heterocycles. The number of hydrogen-bond acceptors (Lipinski definition) is 4. The third-order valence-electron chi connectivity index (χ3n) is 5.55. The van der Waals surface area contributed by atoms with Crippen molar-refractivity contribution in [2.75, 3.05) is 13.1 Å². The van der Waals surface area contributed by atoms with Crippen LogP contribution in [0.2, 0.25) is 0 Å². The van der Waals surface area contributed by atoms with E-state index in [1.807, 2.05) is 22.7 Å². The lowest BCUT2D eigenvalue weighted by Crippen LogP contribution is -2.47. The van der Waals surface area contributed by atoms with Gasteiger partial charge >= 0.3 is 0 Å². The van der Waals surface area contributed by atoms with E-state index >= 15 is 0 Å². The van der Waals surface area contributed by atoms with Crippen molar-refractivity contribution in [1.82, 2.24) is 19.8 Å². The van der Waals surface area contributed by atoms with Crippen LogP contribution < -0.4 is 11.1 Å². The molecule has 2 heterocycles.